The van der Waals surface area contributed by atoms with Gasteiger partial charge in [0.1, 0.15) is 18.4 Å². The Bertz CT molecular complexity index is 440. The molecule has 1 aromatic rings. The van der Waals surface area contributed by atoms with Crippen LogP contribution in [0.4, 0.5) is 8.78 Å². The highest BCUT2D eigenvalue weighted by atomic mass is 19.2. The van der Waals surface area contributed by atoms with Gasteiger partial charge in [0.2, 0.25) is 0 Å². The molecule has 20 heavy (non-hydrogen) atoms. The zero-order valence-corrected chi connectivity index (χ0v) is 11.6. The Morgan fingerprint density at radius 3 is 2.65 bits per heavy atom. The van der Waals surface area contributed by atoms with Gasteiger partial charge in [0.25, 0.3) is 0 Å². The minimum Gasteiger partial charge on any atom is -0.491 e. The fourth-order valence-corrected chi connectivity index (χ4v) is 1.52. The molecule has 0 aliphatic heterocycles. The lowest BCUT2D eigenvalue weighted by Gasteiger charge is -2.17. The van der Waals surface area contributed by atoms with Crippen molar-refractivity contribution in [3.63, 3.8) is 0 Å². The lowest BCUT2D eigenvalue weighted by Crippen LogP contribution is -2.43. The summed E-state index contributed by atoms with van der Waals surface area (Å²) >= 11 is 0. The summed E-state index contributed by atoms with van der Waals surface area (Å²) in [5, 5.41) is 2.98. The number of esters is 1. The Labute approximate surface area is 117 Å². The van der Waals surface area contributed by atoms with E-state index >= 15 is 0 Å². The second kappa shape index (κ2) is 8.47. The highest BCUT2D eigenvalue weighted by Crippen LogP contribution is 2.15. The van der Waals surface area contributed by atoms with Crippen molar-refractivity contribution in [2.45, 2.75) is 26.3 Å². The number of hydrogen-bond donors (Lipinski definition) is 1. The van der Waals surface area contributed by atoms with E-state index in [1.165, 1.54) is 6.07 Å². The molecule has 0 aliphatic carbocycles. The van der Waals surface area contributed by atoms with E-state index in [9.17, 15) is 13.6 Å². The summed E-state index contributed by atoms with van der Waals surface area (Å²) in [4.78, 5) is 11.7. The van der Waals surface area contributed by atoms with Gasteiger partial charge in [-0.3, -0.25) is 4.79 Å². The number of carbonyl (C=O) groups is 1. The maximum absolute atomic E-state index is 13.0. The smallest absolute Gasteiger partial charge is 0.326 e. The molecule has 0 aliphatic rings. The third-order valence-corrected chi connectivity index (χ3v) is 2.52. The van der Waals surface area contributed by atoms with E-state index in [1.54, 1.807) is 6.92 Å². The Kier molecular flexibility index (Phi) is 6.93. The molecule has 0 heterocycles. The maximum Gasteiger partial charge on any atom is 0.326 e. The van der Waals surface area contributed by atoms with Gasteiger partial charge in [0, 0.05) is 6.07 Å². The van der Waals surface area contributed by atoms with Crippen LogP contribution in [0.2, 0.25) is 0 Å². The van der Waals surface area contributed by atoms with E-state index in [0.717, 1.165) is 18.6 Å². The molecule has 0 saturated carbocycles. The molecule has 1 aromatic carbocycles. The predicted molar refractivity (Wildman–Crippen MR) is 70.6 cm³/mol. The number of hydrogen-bond acceptors (Lipinski definition) is 4. The second-order valence-electron chi connectivity index (χ2n) is 4.15. The summed E-state index contributed by atoms with van der Waals surface area (Å²) in [5.74, 6) is -2.19. The first-order valence-corrected chi connectivity index (χ1v) is 6.56. The summed E-state index contributed by atoms with van der Waals surface area (Å²) in [7, 11) is 0. The van der Waals surface area contributed by atoms with Crippen molar-refractivity contribution < 1.29 is 23.0 Å². The molecule has 1 rings (SSSR count). The van der Waals surface area contributed by atoms with E-state index < -0.39 is 23.6 Å². The van der Waals surface area contributed by atoms with Crippen molar-refractivity contribution in [3.05, 3.63) is 29.8 Å². The Balaban J connectivity index is 2.60. The van der Waals surface area contributed by atoms with Crippen LogP contribution < -0.4 is 10.1 Å². The van der Waals surface area contributed by atoms with E-state index in [0.29, 0.717) is 6.54 Å². The van der Waals surface area contributed by atoms with Crippen LogP contribution in [0, 0.1) is 11.6 Å². The van der Waals surface area contributed by atoms with Crippen molar-refractivity contribution in [1.82, 2.24) is 5.32 Å². The summed E-state index contributed by atoms with van der Waals surface area (Å²) in [6.45, 7) is 4.57. The second-order valence-corrected chi connectivity index (χ2v) is 4.15. The summed E-state index contributed by atoms with van der Waals surface area (Å²) in [6.07, 6.45) is 0.848. The van der Waals surface area contributed by atoms with Gasteiger partial charge in [-0.1, -0.05) is 6.92 Å². The number of benzene rings is 1. The standard InChI is InChI=1S/C14H19F2NO3/c1-3-7-17-13(14(18)19-4-2)9-20-10-5-6-11(15)12(16)8-10/h5-6,8,13,17H,3-4,7,9H2,1-2H3. The molecule has 0 radical (unpaired) electrons. The van der Waals surface area contributed by atoms with Gasteiger partial charge in [0.05, 0.1) is 6.61 Å². The number of nitrogens with one attached hydrogen (secondary N) is 1. The van der Waals surface area contributed by atoms with Crippen LogP contribution in [0.25, 0.3) is 0 Å². The van der Waals surface area contributed by atoms with Crippen LogP contribution in [0.1, 0.15) is 20.3 Å². The molecule has 0 fully saturated rings. The molecule has 1 atom stereocenters. The molecule has 4 nitrogen and oxygen atoms in total. The first-order chi connectivity index (χ1) is 9.58. The Hall–Kier alpha value is -1.69. The van der Waals surface area contributed by atoms with Gasteiger partial charge in [0.15, 0.2) is 11.6 Å². The fourth-order valence-electron chi connectivity index (χ4n) is 1.52. The van der Waals surface area contributed by atoms with Crippen LogP contribution >= 0.6 is 0 Å². The zero-order chi connectivity index (χ0) is 15.0. The van der Waals surface area contributed by atoms with Gasteiger partial charge >= 0.3 is 5.97 Å². The Morgan fingerprint density at radius 2 is 2.05 bits per heavy atom. The largest absolute Gasteiger partial charge is 0.491 e. The number of carbonyl (C=O) groups excluding carboxylic acids is 1. The maximum atomic E-state index is 13.0. The summed E-state index contributed by atoms with van der Waals surface area (Å²) in [6, 6.07) is 2.59. The lowest BCUT2D eigenvalue weighted by molar-refractivity contribution is -0.146. The number of ether oxygens (including phenoxy) is 2. The van der Waals surface area contributed by atoms with E-state index in [1.807, 2.05) is 6.92 Å². The minimum absolute atomic E-state index is 0.0100. The van der Waals surface area contributed by atoms with Crippen molar-refractivity contribution in [2.24, 2.45) is 0 Å². The molecule has 0 saturated heterocycles. The van der Waals surface area contributed by atoms with Gasteiger partial charge in [-0.2, -0.15) is 0 Å². The molecule has 0 bridgehead atoms. The number of rotatable bonds is 8. The van der Waals surface area contributed by atoms with Crippen LogP contribution in [-0.4, -0.2) is 31.8 Å². The number of halogens is 2. The average molecular weight is 287 g/mol. The van der Waals surface area contributed by atoms with Crippen LogP contribution in [0.15, 0.2) is 18.2 Å². The summed E-state index contributed by atoms with van der Waals surface area (Å²) < 4.78 is 36.0. The van der Waals surface area contributed by atoms with Gasteiger partial charge in [-0.25, -0.2) is 8.78 Å². The van der Waals surface area contributed by atoms with Gasteiger partial charge < -0.3 is 14.8 Å². The molecular formula is C14H19F2NO3. The molecule has 0 spiro atoms. The highest BCUT2D eigenvalue weighted by molar-refractivity contribution is 5.76. The quantitative estimate of drug-likeness (QED) is 0.745. The Morgan fingerprint density at radius 1 is 1.30 bits per heavy atom. The molecule has 6 heteroatoms. The van der Waals surface area contributed by atoms with Crippen molar-refractivity contribution in [1.29, 1.82) is 0 Å². The normalized spacial score (nSPS) is 12.0. The third-order valence-electron chi connectivity index (χ3n) is 2.52. The van der Waals surface area contributed by atoms with Gasteiger partial charge in [-0.15, -0.1) is 0 Å². The minimum atomic E-state index is -0.989. The fraction of sp³-hybridized carbons (Fsp3) is 0.500. The molecular weight excluding hydrogens is 268 g/mol. The highest BCUT2D eigenvalue weighted by Gasteiger charge is 2.19. The van der Waals surface area contributed by atoms with Crippen molar-refractivity contribution in [2.75, 3.05) is 19.8 Å². The average Bonchev–Trinajstić information content (AvgIpc) is 2.43. The molecule has 1 N–H and O–H groups in total. The van der Waals surface area contributed by atoms with E-state index in [-0.39, 0.29) is 19.0 Å². The monoisotopic (exact) mass is 287 g/mol. The van der Waals surface area contributed by atoms with Crippen LogP contribution in [0.5, 0.6) is 5.75 Å². The first kappa shape index (κ1) is 16.4. The molecule has 1 unspecified atom stereocenters. The molecule has 112 valence electrons. The van der Waals surface area contributed by atoms with Crippen molar-refractivity contribution in [3.8, 4) is 5.75 Å². The summed E-state index contributed by atoms with van der Waals surface area (Å²) in [5.41, 5.74) is 0. The van der Waals surface area contributed by atoms with Gasteiger partial charge in [-0.05, 0) is 32.0 Å². The van der Waals surface area contributed by atoms with Crippen molar-refractivity contribution >= 4 is 5.97 Å². The zero-order valence-electron chi connectivity index (χ0n) is 11.6. The van der Waals surface area contributed by atoms with E-state index in [4.69, 9.17) is 9.47 Å². The lowest BCUT2D eigenvalue weighted by atomic mass is 10.3. The predicted octanol–water partition coefficient (Wildman–Crippen LogP) is 2.27. The molecule has 0 amide bonds. The third kappa shape index (κ3) is 5.13. The molecule has 0 aromatic heterocycles. The SMILES string of the molecule is CCCNC(COc1ccc(F)c(F)c1)C(=O)OCC. The topological polar surface area (TPSA) is 47.6 Å². The van der Waals surface area contributed by atoms with Crippen LogP contribution in [-0.2, 0) is 9.53 Å². The first-order valence-electron chi connectivity index (χ1n) is 6.56. The van der Waals surface area contributed by atoms with Crippen LogP contribution in [0.3, 0.4) is 0 Å². The van der Waals surface area contributed by atoms with E-state index in [2.05, 4.69) is 5.32 Å².